The number of hydrogen-bond donors (Lipinski definition) is 1. The Morgan fingerprint density at radius 3 is 2.56 bits per heavy atom. The molecule has 0 fully saturated rings. The van der Waals surface area contributed by atoms with Crippen LogP contribution in [0.15, 0.2) is 30.6 Å². The first kappa shape index (κ1) is 12.6. The molecule has 0 unspecified atom stereocenters. The van der Waals surface area contributed by atoms with Crippen molar-refractivity contribution in [3.63, 3.8) is 0 Å². The standard InChI is InChI=1S/C14H19N3O/c1-11-8-13(10-15)9-12(2)14(11)18-7-6-17-5-3-4-16-17/h3-5,8-9H,6-7,10,15H2,1-2H3. The predicted molar refractivity (Wildman–Crippen MR) is 71.5 cm³/mol. The van der Waals surface area contributed by atoms with Gasteiger partial charge >= 0.3 is 0 Å². The number of nitrogens with zero attached hydrogens (tertiary/aromatic N) is 2. The lowest BCUT2D eigenvalue weighted by Gasteiger charge is -2.13. The van der Waals surface area contributed by atoms with E-state index in [1.165, 1.54) is 0 Å². The Morgan fingerprint density at radius 2 is 2.00 bits per heavy atom. The minimum Gasteiger partial charge on any atom is -0.491 e. The Balaban J connectivity index is 2.01. The molecule has 0 radical (unpaired) electrons. The van der Waals surface area contributed by atoms with E-state index in [1.54, 1.807) is 6.20 Å². The van der Waals surface area contributed by atoms with Crippen LogP contribution in [0.2, 0.25) is 0 Å². The van der Waals surface area contributed by atoms with E-state index in [9.17, 15) is 0 Å². The first-order valence-electron chi connectivity index (χ1n) is 6.11. The predicted octanol–water partition coefficient (Wildman–Crippen LogP) is 2.04. The lowest BCUT2D eigenvalue weighted by Crippen LogP contribution is -2.10. The van der Waals surface area contributed by atoms with Gasteiger partial charge in [0.05, 0.1) is 6.54 Å². The molecule has 0 aliphatic carbocycles. The molecule has 4 nitrogen and oxygen atoms in total. The van der Waals surface area contributed by atoms with Gasteiger partial charge in [-0.2, -0.15) is 5.10 Å². The summed E-state index contributed by atoms with van der Waals surface area (Å²) in [5, 5.41) is 4.14. The van der Waals surface area contributed by atoms with Gasteiger partial charge in [-0.05, 0) is 36.6 Å². The van der Waals surface area contributed by atoms with Gasteiger partial charge in [0.25, 0.3) is 0 Å². The molecular formula is C14H19N3O. The second-order valence-corrected chi connectivity index (χ2v) is 4.38. The lowest BCUT2D eigenvalue weighted by atomic mass is 10.1. The van der Waals surface area contributed by atoms with Crippen molar-refractivity contribution in [2.45, 2.75) is 26.9 Å². The van der Waals surface area contributed by atoms with E-state index in [1.807, 2.05) is 16.9 Å². The van der Waals surface area contributed by atoms with Gasteiger partial charge in [0.15, 0.2) is 0 Å². The first-order valence-corrected chi connectivity index (χ1v) is 6.11. The summed E-state index contributed by atoms with van der Waals surface area (Å²) in [5.74, 6) is 0.958. The molecular weight excluding hydrogens is 226 g/mol. The minimum absolute atomic E-state index is 0.565. The molecule has 0 aliphatic heterocycles. The molecule has 18 heavy (non-hydrogen) atoms. The third-order valence-corrected chi connectivity index (χ3v) is 2.88. The van der Waals surface area contributed by atoms with Crippen molar-refractivity contribution >= 4 is 0 Å². The molecule has 2 N–H and O–H groups in total. The van der Waals surface area contributed by atoms with E-state index in [0.717, 1.165) is 29.0 Å². The van der Waals surface area contributed by atoms with Gasteiger partial charge in [0.1, 0.15) is 12.4 Å². The zero-order valence-electron chi connectivity index (χ0n) is 10.9. The molecule has 0 spiro atoms. The molecule has 2 rings (SSSR count). The Hall–Kier alpha value is -1.81. The Kier molecular flexibility index (Phi) is 3.99. The average molecular weight is 245 g/mol. The molecule has 0 saturated carbocycles. The Morgan fingerprint density at radius 1 is 1.28 bits per heavy atom. The quantitative estimate of drug-likeness (QED) is 0.877. The van der Waals surface area contributed by atoms with E-state index >= 15 is 0 Å². The largest absolute Gasteiger partial charge is 0.491 e. The summed E-state index contributed by atoms with van der Waals surface area (Å²) in [5.41, 5.74) is 9.06. The van der Waals surface area contributed by atoms with Crippen molar-refractivity contribution in [3.05, 3.63) is 47.3 Å². The maximum atomic E-state index is 5.84. The molecule has 4 heteroatoms. The van der Waals surface area contributed by atoms with Crippen molar-refractivity contribution in [1.82, 2.24) is 9.78 Å². The topological polar surface area (TPSA) is 53.1 Å². The molecule has 2 aromatic rings. The molecule has 0 bridgehead atoms. The fourth-order valence-corrected chi connectivity index (χ4v) is 2.06. The van der Waals surface area contributed by atoms with E-state index < -0.39 is 0 Å². The molecule has 96 valence electrons. The van der Waals surface area contributed by atoms with Crippen LogP contribution in [0.3, 0.4) is 0 Å². The zero-order chi connectivity index (χ0) is 13.0. The van der Waals surface area contributed by atoms with Gasteiger partial charge < -0.3 is 10.5 Å². The highest BCUT2D eigenvalue weighted by molar-refractivity contribution is 5.43. The van der Waals surface area contributed by atoms with Crippen molar-refractivity contribution in [2.24, 2.45) is 5.73 Å². The van der Waals surface area contributed by atoms with Crippen LogP contribution in [0.4, 0.5) is 0 Å². The Labute approximate surface area is 107 Å². The molecule has 0 saturated heterocycles. The zero-order valence-corrected chi connectivity index (χ0v) is 10.9. The molecule has 1 heterocycles. The highest BCUT2D eigenvalue weighted by Gasteiger charge is 2.06. The molecule has 0 atom stereocenters. The minimum atomic E-state index is 0.565. The fraction of sp³-hybridized carbons (Fsp3) is 0.357. The molecule has 1 aromatic carbocycles. The van der Waals surface area contributed by atoms with Crippen LogP contribution in [0.5, 0.6) is 5.75 Å². The number of rotatable bonds is 5. The summed E-state index contributed by atoms with van der Waals surface area (Å²) >= 11 is 0. The van der Waals surface area contributed by atoms with Gasteiger partial charge in [0.2, 0.25) is 0 Å². The van der Waals surface area contributed by atoms with E-state index in [0.29, 0.717) is 13.2 Å². The monoisotopic (exact) mass is 245 g/mol. The maximum Gasteiger partial charge on any atom is 0.125 e. The average Bonchev–Trinajstić information content (AvgIpc) is 2.85. The molecule has 1 aromatic heterocycles. The number of hydrogen-bond acceptors (Lipinski definition) is 3. The lowest BCUT2D eigenvalue weighted by molar-refractivity contribution is 0.287. The van der Waals surface area contributed by atoms with Gasteiger partial charge in [-0.15, -0.1) is 0 Å². The second-order valence-electron chi connectivity index (χ2n) is 4.38. The summed E-state index contributed by atoms with van der Waals surface area (Å²) in [4.78, 5) is 0. The van der Waals surface area contributed by atoms with Gasteiger partial charge in [0, 0.05) is 18.9 Å². The number of nitrogens with two attached hydrogens (primary N) is 1. The van der Waals surface area contributed by atoms with E-state index in [4.69, 9.17) is 10.5 Å². The van der Waals surface area contributed by atoms with Crippen molar-refractivity contribution in [1.29, 1.82) is 0 Å². The van der Waals surface area contributed by atoms with Crippen molar-refractivity contribution in [3.8, 4) is 5.75 Å². The van der Waals surface area contributed by atoms with Gasteiger partial charge in [-0.25, -0.2) is 0 Å². The third-order valence-electron chi connectivity index (χ3n) is 2.88. The van der Waals surface area contributed by atoms with Crippen LogP contribution in [-0.2, 0) is 13.1 Å². The van der Waals surface area contributed by atoms with E-state index in [2.05, 4.69) is 31.1 Å². The number of benzene rings is 1. The van der Waals surface area contributed by atoms with Crippen LogP contribution < -0.4 is 10.5 Å². The number of ether oxygens (including phenoxy) is 1. The highest BCUT2D eigenvalue weighted by Crippen LogP contribution is 2.24. The first-order chi connectivity index (χ1) is 8.70. The van der Waals surface area contributed by atoms with Crippen molar-refractivity contribution < 1.29 is 4.74 Å². The summed E-state index contributed by atoms with van der Waals surface area (Å²) in [7, 11) is 0. The molecule has 0 amide bonds. The van der Waals surface area contributed by atoms with Crippen molar-refractivity contribution in [2.75, 3.05) is 6.61 Å². The number of aromatic nitrogens is 2. The number of aryl methyl sites for hydroxylation is 2. The SMILES string of the molecule is Cc1cc(CN)cc(C)c1OCCn1cccn1. The second kappa shape index (κ2) is 5.69. The highest BCUT2D eigenvalue weighted by atomic mass is 16.5. The molecule has 0 aliphatic rings. The third kappa shape index (κ3) is 2.90. The summed E-state index contributed by atoms with van der Waals surface area (Å²) in [6, 6.07) is 6.07. The van der Waals surface area contributed by atoms with Crippen LogP contribution in [0.1, 0.15) is 16.7 Å². The van der Waals surface area contributed by atoms with Crippen LogP contribution in [0.25, 0.3) is 0 Å². The van der Waals surface area contributed by atoms with Crippen LogP contribution >= 0.6 is 0 Å². The fourth-order valence-electron chi connectivity index (χ4n) is 2.06. The summed E-state index contributed by atoms with van der Waals surface area (Å²) < 4.78 is 7.70. The smallest absolute Gasteiger partial charge is 0.125 e. The summed E-state index contributed by atoms with van der Waals surface area (Å²) in [6.07, 6.45) is 3.70. The van der Waals surface area contributed by atoms with E-state index in [-0.39, 0.29) is 0 Å². The normalized spacial score (nSPS) is 10.6. The van der Waals surface area contributed by atoms with Gasteiger partial charge in [-0.1, -0.05) is 12.1 Å². The Bertz CT molecular complexity index is 483. The maximum absolute atomic E-state index is 5.84. The van der Waals surface area contributed by atoms with Crippen LogP contribution in [-0.4, -0.2) is 16.4 Å². The van der Waals surface area contributed by atoms with Gasteiger partial charge in [-0.3, -0.25) is 4.68 Å². The summed E-state index contributed by atoms with van der Waals surface area (Å²) in [6.45, 7) is 6.04. The van der Waals surface area contributed by atoms with Crippen LogP contribution in [0, 0.1) is 13.8 Å².